The summed E-state index contributed by atoms with van der Waals surface area (Å²) in [7, 11) is 0. The Labute approximate surface area is 116 Å². The number of benzene rings is 1. The molecule has 0 aliphatic heterocycles. The smallest absolute Gasteiger partial charge is 0.0743 e. The molecule has 0 spiro atoms. The van der Waals surface area contributed by atoms with Crippen molar-refractivity contribution in [3.05, 3.63) is 56.8 Å². The van der Waals surface area contributed by atoms with E-state index < -0.39 is 0 Å². The Morgan fingerprint density at radius 3 is 2.53 bits per heavy atom. The quantitative estimate of drug-likeness (QED) is 0.665. The molecule has 2 rings (SSSR count). The second-order valence-corrected chi connectivity index (χ2v) is 6.52. The maximum absolute atomic E-state index is 3.86. The van der Waals surface area contributed by atoms with Crippen LogP contribution in [0.25, 0.3) is 0 Å². The molecule has 0 nitrogen and oxygen atoms in total. The molecular weight excluding hydrogens is 292 g/mol. The summed E-state index contributed by atoms with van der Waals surface area (Å²) in [4.78, 5) is 3.15. The third-order valence-electron chi connectivity index (χ3n) is 3.02. The normalized spacial score (nSPS) is 12.7. The van der Waals surface area contributed by atoms with Crippen molar-refractivity contribution in [1.82, 2.24) is 0 Å². The maximum Gasteiger partial charge on any atom is 0.0743 e. The van der Waals surface area contributed by atoms with Gasteiger partial charge in [0.25, 0.3) is 0 Å². The Bertz CT molecular complexity index is 513. The van der Waals surface area contributed by atoms with Crippen LogP contribution in [0.3, 0.4) is 0 Å². The summed E-state index contributed by atoms with van der Waals surface area (Å²) in [5.41, 5.74) is 4.22. The molecule has 17 heavy (non-hydrogen) atoms. The van der Waals surface area contributed by atoms with Crippen LogP contribution in [0.2, 0.25) is 0 Å². The van der Waals surface area contributed by atoms with Crippen molar-refractivity contribution < 1.29 is 0 Å². The Morgan fingerprint density at radius 2 is 1.94 bits per heavy atom. The predicted molar refractivity (Wildman–Crippen MR) is 80.4 cm³/mol. The highest BCUT2D eigenvalue weighted by atomic mass is 79.9. The van der Waals surface area contributed by atoms with Crippen LogP contribution < -0.4 is 0 Å². The van der Waals surface area contributed by atoms with Crippen LogP contribution in [0, 0.1) is 13.8 Å². The molecule has 0 aliphatic carbocycles. The minimum atomic E-state index is 0.331. The van der Waals surface area contributed by atoms with E-state index in [9.17, 15) is 0 Å². The Hall–Kier alpha value is -0.600. The Kier molecular flexibility index (Phi) is 4.05. The molecule has 1 heterocycles. The van der Waals surface area contributed by atoms with Gasteiger partial charge in [-0.1, -0.05) is 47.1 Å². The summed E-state index contributed by atoms with van der Waals surface area (Å²) in [5.74, 6) is 0. The first-order valence-corrected chi connectivity index (χ1v) is 7.65. The van der Waals surface area contributed by atoms with Gasteiger partial charge in [0.2, 0.25) is 0 Å². The number of rotatable bonds is 3. The van der Waals surface area contributed by atoms with Gasteiger partial charge in [-0.2, -0.15) is 0 Å². The van der Waals surface area contributed by atoms with Crippen LogP contribution >= 0.6 is 27.3 Å². The first-order valence-electron chi connectivity index (χ1n) is 5.92. The van der Waals surface area contributed by atoms with Gasteiger partial charge in [0.15, 0.2) is 0 Å². The van der Waals surface area contributed by atoms with E-state index in [1.165, 1.54) is 26.4 Å². The molecule has 0 amide bonds. The summed E-state index contributed by atoms with van der Waals surface area (Å²) < 4.78 is 0. The fourth-order valence-corrected chi connectivity index (χ4v) is 4.28. The highest BCUT2D eigenvalue weighted by Crippen LogP contribution is 2.39. The van der Waals surface area contributed by atoms with Crippen LogP contribution in [-0.4, -0.2) is 0 Å². The van der Waals surface area contributed by atoms with Crippen molar-refractivity contribution in [2.75, 3.05) is 0 Å². The first-order chi connectivity index (χ1) is 8.13. The lowest BCUT2D eigenvalue weighted by molar-refractivity contribution is 1.06. The number of hydrogen-bond donors (Lipinski definition) is 0. The van der Waals surface area contributed by atoms with E-state index in [1.54, 1.807) is 0 Å². The molecule has 0 bridgehead atoms. The Balaban J connectivity index is 2.43. The summed E-state index contributed by atoms with van der Waals surface area (Å²) in [6, 6.07) is 11.0. The van der Waals surface area contributed by atoms with E-state index in [2.05, 4.69) is 67.0 Å². The zero-order valence-corrected chi connectivity index (χ0v) is 12.9. The number of aryl methyl sites for hydroxylation is 3. The van der Waals surface area contributed by atoms with Gasteiger partial charge in [-0.05, 0) is 43.0 Å². The standard InChI is InChI=1S/C15H17BrS/c1-4-12-7-5-6-8-13(12)14(16)15-10(2)9-11(3)17-15/h5-9,14H,4H2,1-3H3. The minimum absolute atomic E-state index is 0.331. The van der Waals surface area contributed by atoms with Crippen LogP contribution in [0.15, 0.2) is 30.3 Å². The molecule has 2 heteroatoms. The summed E-state index contributed by atoms with van der Waals surface area (Å²) >= 11 is 5.75. The first kappa shape index (κ1) is 12.8. The zero-order valence-electron chi connectivity index (χ0n) is 10.5. The third-order valence-corrected chi connectivity index (χ3v) is 5.49. The van der Waals surface area contributed by atoms with Crippen molar-refractivity contribution in [3.8, 4) is 0 Å². The maximum atomic E-state index is 3.86. The third kappa shape index (κ3) is 2.63. The zero-order chi connectivity index (χ0) is 12.4. The van der Waals surface area contributed by atoms with Gasteiger partial charge < -0.3 is 0 Å². The van der Waals surface area contributed by atoms with Crippen LogP contribution in [0.1, 0.15) is 38.2 Å². The molecule has 2 aromatic rings. The second kappa shape index (κ2) is 5.36. The van der Waals surface area contributed by atoms with Crippen molar-refractivity contribution in [2.45, 2.75) is 32.0 Å². The minimum Gasteiger partial charge on any atom is -0.144 e. The SMILES string of the molecule is CCc1ccccc1C(Br)c1sc(C)cc1C. The van der Waals surface area contributed by atoms with Gasteiger partial charge in [-0.3, -0.25) is 0 Å². The van der Waals surface area contributed by atoms with Gasteiger partial charge in [0.05, 0.1) is 4.83 Å². The lowest BCUT2D eigenvalue weighted by atomic mass is 10.0. The van der Waals surface area contributed by atoms with Crippen LogP contribution in [0.5, 0.6) is 0 Å². The summed E-state index contributed by atoms with van der Waals surface area (Å²) in [6.07, 6.45) is 1.08. The van der Waals surface area contributed by atoms with Crippen molar-refractivity contribution in [3.63, 3.8) is 0 Å². The highest BCUT2D eigenvalue weighted by Gasteiger charge is 2.17. The van der Waals surface area contributed by atoms with Crippen molar-refractivity contribution >= 4 is 27.3 Å². The molecule has 0 saturated heterocycles. The van der Waals surface area contributed by atoms with Gasteiger partial charge in [-0.25, -0.2) is 0 Å². The molecule has 0 radical (unpaired) electrons. The largest absolute Gasteiger partial charge is 0.144 e. The molecule has 0 aliphatic rings. The average Bonchev–Trinajstić information content (AvgIpc) is 2.67. The second-order valence-electron chi connectivity index (χ2n) is 4.32. The fourth-order valence-electron chi connectivity index (χ4n) is 2.16. The van der Waals surface area contributed by atoms with E-state index in [-0.39, 0.29) is 0 Å². The molecule has 1 aromatic heterocycles. The lowest BCUT2D eigenvalue weighted by Crippen LogP contribution is -1.97. The van der Waals surface area contributed by atoms with E-state index in [0.717, 1.165) is 6.42 Å². The highest BCUT2D eigenvalue weighted by molar-refractivity contribution is 9.09. The Morgan fingerprint density at radius 1 is 1.24 bits per heavy atom. The number of hydrogen-bond acceptors (Lipinski definition) is 1. The topological polar surface area (TPSA) is 0 Å². The van der Waals surface area contributed by atoms with Gasteiger partial charge in [-0.15, -0.1) is 11.3 Å². The summed E-state index contributed by atoms with van der Waals surface area (Å²) in [6.45, 7) is 6.58. The van der Waals surface area contributed by atoms with Crippen LogP contribution in [-0.2, 0) is 6.42 Å². The van der Waals surface area contributed by atoms with Gasteiger partial charge >= 0.3 is 0 Å². The number of thiophene rings is 1. The lowest BCUT2D eigenvalue weighted by Gasteiger charge is -2.14. The molecule has 0 fully saturated rings. The molecule has 0 saturated carbocycles. The van der Waals surface area contributed by atoms with E-state index >= 15 is 0 Å². The fraction of sp³-hybridized carbons (Fsp3) is 0.333. The summed E-state index contributed by atoms with van der Waals surface area (Å²) in [5, 5.41) is 0. The average molecular weight is 309 g/mol. The molecule has 1 atom stereocenters. The monoisotopic (exact) mass is 308 g/mol. The molecule has 90 valence electrons. The van der Waals surface area contributed by atoms with Crippen LogP contribution in [0.4, 0.5) is 0 Å². The molecule has 1 aromatic carbocycles. The van der Waals surface area contributed by atoms with Gasteiger partial charge in [0.1, 0.15) is 0 Å². The molecule has 0 N–H and O–H groups in total. The van der Waals surface area contributed by atoms with Crippen molar-refractivity contribution in [2.24, 2.45) is 0 Å². The van der Waals surface area contributed by atoms with Crippen molar-refractivity contribution in [1.29, 1.82) is 0 Å². The van der Waals surface area contributed by atoms with E-state index in [1.807, 2.05) is 11.3 Å². The predicted octanol–water partition coefficient (Wildman–Crippen LogP) is 5.41. The number of alkyl halides is 1. The molecular formula is C15H17BrS. The van der Waals surface area contributed by atoms with Gasteiger partial charge in [0, 0.05) is 9.75 Å². The van der Waals surface area contributed by atoms with E-state index in [0.29, 0.717) is 4.83 Å². The molecule has 1 unspecified atom stereocenters. The number of halogens is 1. The van der Waals surface area contributed by atoms with E-state index in [4.69, 9.17) is 0 Å².